The number of hydrogen-bond donors (Lipinski definition) is 1. The second kappa shape index (κ2) is 5.22. The Kier molecular flexibility index (Phi) is 4.99. The summed E-state index contributed by atoms with van der Waals surface area (Å²) in [6, 6.07) is 0. The first-order chi connectivity index (χ1) is 5.90. The van der Waals surface area contributed by atoms with Crippen molar-refractivity contribution in [2.45, 2.75) is 33.6 Å². The summed E-state index contributed by atoms with van der Waals surface area (Å²) in [4.78, 5) is 12.9. The summed E-state index contributed by atoms with van der Waals surface area (Å²) in [6.07, 6.45) is 2.28. The van der Waals surface area contributed by atoms with E-state index in [0.29, 0.717) is 6.54 Å². The van der Waals surface area contributed by atoms with Gasteiger partial charge in [0.2, 0.25) is 0 Å². The van der Waals surface area contributed by atoms with Crippen LogP contribution in [0.3, 0.4) is 0 Å². The molecule has 3 heteroatoms. The molecule has 0 aliphatic rings. The van der Waals surface area contributed by atoms with Crippen molar-refractivity contribution < 1.29 is 9.90 Å². The van der Waals surface area contributed by atoms with Crippen molar-refractivity contribution in [1.82, 2.24) is 4.90 Å². The Morgan fingerprint density at radius 2 is 2.00 bits per heavy atom. The molecule has 1 N–H and O–H groups in total. The minimum atomic E-state index is -0.726. The highest BCUT2D eigenvalue weighted by Crippen LogP contribution is 2.16. The molecule has 0 amide bonds. The molecular weight excluding hydrogens is 166 g/mol. The largest absolute Gasteiger partial charge is 0.481 e. The molecule has 3 nitrogen and oxygen atoms in total. The van der Waals surface area contributed by atoms with Crippen LogP contribution in [-0.4, -0.2) is 36.1 Å². The van der Waals surface area contributed by atoms with Crippen LogP contribution < -0.4 is 0 Å². The fourth-order valence-corrected chi connectivity index (χ4v) is 1.25. The van der Waals surface area contributed by atoms with Crippen molar-refractivity contribution in [2.24, 2.45) is 5.41 Å². The predicted octanol–water partition coefficient (Wildman–Crippen LogP) is 1.83. The molecule has 0 spiro atoms. The molecular formula is C10H21NO2. The minimum absolute atomic E-state index is 0.613. The Hall–Kier alpha value is -0.570. The Balaban J connectivity index is 3.89. The molecule has 0 radical (unpaired) electrons. The van der Waals surface area contributed by atoms with Gasteiger partial charge >= 0.3 is 5.97 Å². The van der Waals surface area contributed by atoms with Crippen LogP contribution in [0, 0.1) is 5.41 Å². The van der Waals surface area contributed by atoms with Crippen LogP contribution in [0.5, 0.6) is 0 Å². The molecule has 0 heterocycles. The number of aliphatic carboxylic acids is 1. The van der Waals surface area contributed by atoms with E-state index in [-0.39, 0.29) is 0 Å². The summed E-state index contributed by atoms with van der Waals surface area (Å²) in [5, 5.41) is 8.89. The lowest BCUT2D eigenvalue weighted by Gasteiger charge is -2.26. The highest BCUT2D eigenvalue weighted by atomic mass is 16.4. The summed E-state index contributed by atoms with van der Waals surface area (Å²) in [5.74, 6) is -0.726. The molecule has 0 aliphatic heterocycles. The van der Waals surface area contributed by atoms with Crippen molar-refractivity contribution in [3.63, 3.8) is 0 Å². The molecule has 0 aromatic rings. The maximum absolute atomic E-state index is 10.8. The molecule has 0 aromatic carbocycles. The Bertz CT molecular complexity index is 166. The summed E-state index contributed by atoms with van der Waals surface area (Å²) in [6.45, 7) is 7.25. The average Bonchev–Trinajstić information content (AvgIpc) is 1.99. The van der Waals surface area contributed by atoms with Crippen LogP contribution in [0.4, 0.5) is 0 Å². The molecule has 0 aliphatic carbocycles. The fraction of sp³-hybridized carbons (Fsp3) is 0.900. The second-order valence-corrected chi connectivity index (χ2v) is 4.28. The summed E-state index contributed by atoms with van der Waals surface area (Å²) in [5.41, 5.74) is -0.636. The summed E-state index contributed by atoms with van der Waals surface area (Å²) in [7, 11) is 1.97. The van der Waals surface area contributed by atoms with E-state index >= 15 is 0 Å². The fourth-order valence-electron chi connectivity index (χ4n) is 1.25. The van der Waals surface area contributed by atoms with E-state index < -0.39 is 11.4 Å². The van der Waals surface area contributed by atoms with Crippen LogP contribution in [-0.2, 0) is 4.79 Å². The lowest BCUT2D eigenvalue weighted by molar-refractivity contribution is -0.147. The quantitative estimate of drug-likeness (QED) is 0.689. The van der Waals surface area contributed by atoms with Gasteiger partial charge in [-0.3, -0.25) is 4.79 Å². The van der Waals surface area contributed by atoms with Crippen LogP contribution in [0.25, 0.3) is 0 Å². The van der Waals surface area contributed by atoms with E-state index in [1.807, 2.05) is 7.05 Å². The van der Waals surface area contributed by atoms with Gasteiger partial charge in [-0.15, -0.1) is 0 Å². The zero-order chi connectivity index (χ0) is 10.5. The molecule has 0 bridgehead atoms. The number of rotatable bonds is 6. The van der Waals surface area contributed by atoms with Gasteiger partial charge in [-0.1, -0.05) is 13.3 Å². The van der Waals surface area contributed by atoms with Crippen LogP contribution in [0.15, 0.2) is 0 Å². The smallest absolute Gasteiger partial charge is 0.310 e. The zero-order valence-corrected chi connectivity index (χ0v) is 9.13. The molecule has 13 heavy (non-hydrogen) atoms. The van der Waals surface area contributed by atoms with E-state index in [1.165, 1.54) is 0 Å². The van der Waals surface area contributed by atoms with Gasteiger partial charge in [0.05, 0.1) is 5.41 Å². The topological polar surface area (TPSA) is 40.5 Å². The average molecular weight is 187 g/mol. The Morgan fingerprint density at radius 3 is 2.38 bits per heavy atom. The van der Waals surface area contributed by atoms with Crippen molar-refractivity contribution in [3.05, 3.63) is 0 Å². The van der Waals surface area contributed by atoms with E-state index in [1.54, 1.807) is 13.8 Å². The predicted molar refractivity (Wildman–Crippen MR) is 53.8 cm³/mol. The van der Waals surface area contributed by atoms with Gasteiger partial charge < -0.3 is 10.0 Å². The van der Waals surface area contributed by atoms with Gasteiger partial charge in [0.25, 0.3) is 0 Å². The standard InChI is InChI=1S/C10H21NO2/c1-5-6-7-11(4)8-10(2,3)9(12)13/h5-8H2,1-4H3,(H,12,13). The van der Waals surface area contributed by atoms with Crippen LogP contribution >= 0.6 is 0 Å². The third-order valence-corrected chi connectivity index (χ3v) is 2.14. The van der Waals surface area contributed by atoms with Crippen molar-refractivity contribution in [3.8, 4) is 0 Å². The molecule has 0 saturated heterocycles. The minimum Gasteiger partial charge on any atom is -0.481 e. The highest BCUT2D eigenvalue weighted by molar-refractivity contribution is 5.73. The molecule has 0 aromatic heterocycles. The molecule has 78 valence electrons. The van der Waals surface area contributed by atoms with Crippen LogP contribution in [0.2, 0.25) is 0 Å². The van der Waals surface area contributed by atoms with Crippen LogP contribution in [0.1, 0.15) is 33.6 Å². The molecule has 0 fully saturated rings. The summed E-state index contributed by atoms with van der Waals surface area (Å²) >= 11 is 0. The van der Waals surface area contributed by atoms with Gasteiger partial charge in [-0.25, -0.2) is 0 Å². The first kappa shape index (κ1) is 12.4. The van der Waals surface area contributed by atoms with Gasteiger partial charge in [-0.2, -0.15) is 0 Å². The maximum atomic E-state index is 10.8. The normalized spacial score (nSPS) is 12.1. The lowest BCUT2D eigenvalue weighted by atomic mass is 9.93. The number of nitrogens with zero attached hydrogens (tertiary/aromatic N) is 1. The summed E-state index contributed by atoms with van der Waals surface area (Å²) < 4.78 is 0. The van der Waals surface area contributed by atoms with Gasteiger partial charge in [-0.05, 0) is 33.9 Å². The third-order valence-electron chi connectivity index (χ3n) is 2.14. The van der Waals surface area contributed by atoms with Gasteiger partial charge in [0.1, 0.15) is 0 Å². The number of carboxylic acids is 1. The number of carboxylic acid groups (broad SMARTS) is 1. The first-order valence-electron chi connectivity index (χ1n) is 4.82. The number of unbranched alkanes of at least 4 members (excludes halogenated alkanes) is 1. The van der Waals surface area contributed by atoms with Crippen molar-refractivity contribution >= 4 is 5.97 Å². The first-order valence-corrected chi connectivity index (χ1v) is 4.82. The van der Waals surface area contributed by atoms with E-state index in [2.05, 4.69) is 11.8 Å². The molecule has 0 rings (SSSR count). The zero-order valence-electron chi connectivity index (χ0n) is 9.13. The van der Waals surface area contributed by atoms with Crippen molar-refractivity contribution in [1.29, 1.82) is 0 Å². The molecule has 0 atom stereocenters. The Labute approximate surface area is 80.7 Å². The number of carbonyl (C=O) groups is 1. The maximum Gasteiger partial charge on any atom is 0.310 e. The van der Waals surface area contributed by atoms with Gasteiger partial charge in [0.15, 0.2) is 0 Å². The van der Waals surface area contributed by atoms with E-state index in [4.69, 9.17) is 5.11 Å². The number of hydrogen-bond acceptors (Lipinski definition) is 2. The van der Waals surface area contributed by atoms with E-state index in [0.717, 1.165) is 19.4 Å². The SMILES string of the molecule is CCCCN(C)CC(C)(C)C(=O)O. The van der Waals surface area contributed by atoms with Crippen molar-refractivity contribution in [2.75, 3.05) is 20.1 Å². The Morgan fingerprint density at radius 1 is 1.46 bits per heavy atom. The molecule has 0 saturated carbocycles. The highest BCUT2D eigenvalue weighted by Gasteiger charge is 2.28. The monoisotopic (exact) mass is 187 g/mol. The lowest BCUT2D eigenvalue weighted by Crippen LogP contribution is -2.37. The third kappa shape index (κ3) is 4.88. The molecule has 0 unspecified atom stereocenters. The van der Waals surface area contributed by atoms with Gasteiger partial charge in [0, 0.05) is 6.54 Å². The van der Waals surface area contributed by atoms with E-state index in [9.17, 15) is 4.79 Å². The second-order valence-electron chi connectivity index (χ2n) is 4.28.